The molecule has 1 heterocycles. The lowest BCUT2D eigenvalue weighted by molar-refractivity contribution is -0.136. The van der Waals surface area contributed by atoms with Crippen LogP contribution in [0.4, 0.5) is 0 Å². The van der Waals surface area contributed by atoms with Crippen LogP contribution in [0.15, 0.2) is 79.0 Å². The van der Waals surface area contributed by atoms with Crippen molar-refractivity contribution in [2.24, 2.45) is 0 Å². The fourth-order valence-electron chi connectivity index (χ4n) is 3.30. The van der Waals surface area contributed by atoms with Gasteiger partial charge in [0.15, 0.2) is 6.61 Å². The van der Waals surface area contributed by atoms with E-state index in [2.05, 4.69) is 4.98 Å². The standard InChI is InChI=1S/C24H24N2O3/c1-18(23-9-5-6-16-25-23)26(19-10-11-19)24(27)17-28-20-12-14-22(15-13-20)29-21-7-3-2-4-8-21/h2-9,12-16,18-19H,10-11,17H2,1H3. The number of carbonyl (C=O) groups excluding carboxylic acids is 1. The second-order valence-electron chi connectivity index (χ2n) is 7.14. The van der Waals surface area contributed by atoms with Crippen LogP contribution in [0.25, 0.3) is 0 Å². The van der Waals surface area contributed by atoms with E-state index in [1.165, 1.54) is 0 Å². The van der Waals surface area contributed by atoms with Gasteiger partial charge in [0.2, 0.25) is 0 Å². The van der Waals surface area contributed by atoms with Crippen LogP contribution in [-0.4, -0.2) is 28.4 Å². The van der Waals surface area contributed by atoms with Crippen molar-refractivity contribution in [3.8, 4) is 17.2 Å². The Kier molecular flexibility index (Phi) is 5.75. The Bertz CT molecular complexity index is 925. The Morgan fingerprint density at radius 3 is 2.28 bits per heavy atom. The van der Waals surface area contributed by atoms with Crippen molar-refractivity contribution in [2.75, 3.05) is 6.61 Å². The fourth-order valence-corrected chi connectivity index (χ4v) is 3.30. The third-order valence-corrected chi connectivity index (χ3v) is 4.93. The summed E-state index contributed by atoms with van der Waals surface area (Å²) < 4.78 is 11.5. The summed E-state index contributed by atoms with van der Waals surface area (Å²) in [5.41, 5.74) is 0.898. The summed E-state index contributed by atoms with van der Waals surface area (Å²) in [4.78, 5) is 19.2. The summed E-state index contributed by atoms with van der Waals surface area (Å²) in [6, 6.07) is 22.9. The predicted octanol–water partition coefficient (Wildman–Crippen LogP) is 5.00. The molecule has 3 aromatic rings. The molecule has 148 valence electrons. The summed E-state index contributed by atoms with van der Waals surface area (Å²) in [5.74, 6) is 2.12. The number of carbonyl (C=O) groups is 1. The number of hydrogen-bond donors (Lipinski definition) is 0. The number of nitrogens with zero attached hydrogens (tertiary/aromatic N) is 2. The molecule has 0 N–H and O–H groups in total. The molecule has 5 nitrogen and oxygen atoms in total. The van der Waals surface area contributed by atoms with Crippen LogP contribution in [0, 0.1) is 0 Å². The third kappa shape index (κ3) is 4.93. The highest BCUT2D eigenvalue weighted by Gasteiger charge is 2.36. The molecule has 0 radical (unpaired) electrons. The van der Waals surface area contributed by atoms with Crippen LogP contribution in [-0.2, 0) is 4.79 Å². The first-order chi connectivity index (χ1) is 14.2. The molecule has 1 aliphatic rings. The van der Waals surface area contributed by atoms with E-state index in [0.29, 0.717) is 5.75 Å². The normalized spacial score (nSPS) is 14.1. The van der Waals surface area contributed by atoms with Crippen LogP contribution < -0.4 is 9.47 Å². The summed E-state index contributed by atoms with van der Waals surface area (Å²) in [7, 11) is 0. The zero-order valence-corrected chi connectivity index (χ0v) is 16.4. The largest absolute Gasteiger partial charge is 0.484 e. The van der Waals surface area contributed by atoms with Gasteiger partial charge in [-0.05, 0) is 68.3 Å². The van der Waals surface area contributed by atoms with Crippen LogP contribution in [0.3, 0.4) is 0 Å². The lowest BCUT2D eigenvalue weighted by Crippen LogP contribution is -2.39. The number of pyridine rings is 1. The van der Waals surface area contributed by atoms with Gasteiger partial charge in [-0.25, -0.2) is 0 Å². The molecule has 0 bridgehead atoms. The van der Waals surface area contributed by atoms with Crippen molar-refractivity contribution in [3.63, 3.8) is 0 Å². The molecule has 1 aromatic heterocycles. The van der Waals surface area contributed by atoms with Gasteiger partial charge in [-0.1, -0.05) is 24.3 Å². The minimum atomic E-state index is -0.0681. The molecular weight excluding hydrogens is 364 g/mol. The van der Waals surface area contributed by atoms with Crippen molar-refractivity contribution in [3.05, 3.63) is 84.7 Å². The van der Waals surface area contributed by atoms with E-state index in [0.717, 1.165) is 30.0 Å². The van der Waals surface area contributed by atoms with Crippen molar-refractivity contribution in [2.45, 2.75) is 31.8 Å². The molecule has 29 heavy (non-hydrogen) atoms. The first-order valence-corrected chi connectivity index (χ1v) is 9.88. The zero-order chi connectivity index (χ0) is 20.1. The smallest absolute Gasteiger partial charge is 0.261 e. The van der Waals surface area contributed by atoms with Gasteiger partial charge in [-0.15, -0.1) is 0 Å². The first-order valence-electron chi connectivity index (χ1n) is 9.88. The Morgan fingerprint density at radius 2 is 1.62 bits per heavy atom. The maximum absolute atomic E-state index is 12.9. The van der Waals surface area contributed by atoms with Gasteiger partial charge in [0, 0.05) is 12.2 Å². The fraction of sp³-hybridized carbons (Fsp3) is 0.250. The minimum Gasteiger partial charge on any atom is -0.484 e. The maximum Gasteiger partial charge on any atom is 0.261 e. The molecule has 0 saturated heterocycles. The molecular formula is C24H24N2O3. The van der Waals surface area contributed by atoms with E-state index in [1.54, 1.807) is 6.20 Å². The molecule has 1 fully saturated rings. The number of benzene rings is 2. The number of ether oxygens (including phenoxy) is 2. The molecule has 1 aliphatic carbocycles. The van der Waals surface area contributed by atoms with E-state index < -0.39 is 0 Å². The molecule has 0 aliphatic heterocycles. The topological polar surface area (TPSA) is 51.7 Å². The molecule has 4 rings (SSSR count). The lowest BCUT2D eigenvalue weighted by atomic mass is 10.1. The van der Waals surface area contributed by atoms with Gasteiger partial charge in [0.05, 0.1) is 11.7 Å². The lowest BCUT2D eigenvalue weighted by Gasteiger charge is -2.29. The SMILES string of the molecule is CC(c1ccccn1)N(C(=O)COc1ccc(Oc2ccccc2)cc1)C1CC1. The van der Waals surface area contributed by atoms with Crippen LogP contribution >= 0.6 is 0 Å². The van der Waals surface area contributed by atoms with Crippen LogP contribution in [0.2, 0.25) is 0 Å². The van der Waals surface area contributed by atoms with Crippen molar-refractivity contribution in [1.82, 2.24) is 9.88 Å². The molecule has 2 aromatic carbocycles. The van der Waals surface area contributed by atoms with Crippen molar-refractivity contribution < 1.29 is 14.3 Å². The average molecular weight is 388 g/mol. The van der Waals surface area contributed by atoms with E-state index in [9.17, 15) is 4.79 Å². The Morgan fingerprint density at radius 1 is 0.966 bits per heavy atom. The molecule has 1 amide bonds. The summed E-state index contributed by atoms with van der Waals surface area (Å²) in [6.45, 7) is 2.03. The number of rotatable bonds is 8. The van der Waals surface area contributed by atoms with Crippen molar-refractivity contribution >= 4 is 5.91 Å². The van der Waals surface area contributed by atoms with Gasteiger partial charge in [0.25, 0.3) is 5.91 Å². The van der Waals surface area contributed by atoms with E-state index in [-0.39, 0.29) is 24.6 Å². The van der Waals surface area contributed by atoms with Crippen molar-refractivity contribution in [1.29, 1.82) is 0 Å². The minimum absolute atomic E-state index is 0.00651. The average Bonchev–Trinajstić information content (AvgIpc) is 3.60. The van der Waals surface area contributed by atoms with Crippen LogP contribution in [0.1, 0.15) is 31.5 Å². The monoisotopic (exact) mass is 388 g/mol. The summed E-state index contributed by atoms with van der Waals surface area (Å²) >= 11 is 0. The Hall–Kier alpha value is -3.34. The number of aromatic nitrogens is 1. The number of para-hydroxylation sites is 1. The van der Waals surface area contributed by atoms with Gasteiger partial charge in [-0.3, -0.25) is 9.78 Å². The molecule has 1 unspecified atom stereocenters. The van der Waals surface area contributed by atoms with E-state index in [1.807, 2.05) is 84.6 Å². The third-order valence-electron chi connectivity index (χ3n) is 4.93. The van der Waals surface area contributed by atoms with Gasteiger partial charge < -0.3 is 14.4 Å². The van der Waals surface area contributed by atoms with Gasteiger partial charge >= 0.3 is 0 Å². The molecule has 5 heteroatoms. The van der Waals surface area contributed by atoms with E-state index >= 15 is 0 Å². The predicted molar refractivity (Wildman–Crippen MR) is 111 cm³/mol. The summed E-state index contributed by atoms with van der Waals surface area (Å²) in [6.07, 6.45) is 3.83. The Labute approximate surface area is 170 Å². The first kappa shape index (κ1) is 19.0. The van der Waals surface area contributed by atoms with Crippen LogP contribution in [0.5, 0.6) is 17.2 Å². The highest BCUT2D eigenvalue weighted by molar-refractivity contribution is 5.79. The van der Waals surface area contributed by atoms with Gasteiger partial charge in [-0.2, -0.15) is 0 Å². The molecule has 1 saturated carbocycles. The highest BCUT2D eigenvalue weighted by atomic mass is 16.5. The molecule has 0 spiro atoms. The number of amides is 1. The quantitative estimate of drug-likeness (QED) is 0.545. The zero-order valence-electron chi connectivity index (χ0n) is 16.4. The second kappa shape index (κ2) is 8.78. The molecule has 1 atom stereocenters. The van der Waals surface area contributed by atoms with E-state index in [4.69, 9.17) is 9.47 Å². The maximum atomic E-state index is 12.9. The Balaban J connectivity index is 1.35. The van der Waals surface area contributed by atoms with Gasteiger partial charge in [0.1, 0.15) is 17.2 Å². The highest BCUT2D eigenvalue weighted by Crippen LogP contribution is 2.34. The summed E-state index contributed by atoms with van der Waals surface area (Å²) in [5, 5.41) is 0. The number of hydrogen-bond acceptors (Lipinski definition) is 4. The second-order valence-corrected chi connectivity index (χ2v) is 7.14.